The standard InChI is InChI=1S/C20H19FN2O2S/c1-14-22-17(13-26-14)12-23(18-7-5-16(21)6-8-18)20(24)11-15-3-9-19(25-2)10-4-15/h3-10,13H,11-12H2,1-2H3. The van der Waals surface area contributed by atoms with Crippen LogP contribution in [0.4, 0.5) is 10.1 Å². The average molecular weight is 370 g/mol. The highest BCUT2D eigenvalue weighted by Gasteiger charge is 2.18. The number of halogens is 1. The van der Waals surface area contributed by atoms with Gasteiger partial charge in [0.2, 0.25) is 5.91 Å². The summed E-state index contributed by atoms with van der Waals surface area (Å²) in [4.78, 5) is 19.0. The lowest BCUT2D eigenvalue weighted by Gasteiger charge is -2.22. The number of methoxy groups -OCH3 is 1. The Balaban J connectivity index is 1.83. The van der Waals surface area contributed by atoms with Crippen molar-refractivity contribution < 1.29 is 13.9 Å². The van der Waals surface area contributed by atoms with E-state index in [9.17, 15) is 9.18 Å². The number of nitrogens with zero attached hydrogens (tertiary/aromatic N) is 2. The van der Waals surface area contributed by atoms with E-state index in [0.29, 0.717) is 12.2 Å². The normalized spacial score (nSPS) is 10.6. The Morgan fingerprint density at radius 3 is 2.42 bits per heavy atom. The second-order valence-corrected chi connectivity index (χ2v) is 6.90. The van der Waals surface area contributed by atoms with Crippen LogP contribution in [-0.4, -0.2) is 18.0 Å². The Hall–Kier alpha value is -2.73. The van der Waals surface area contributed by atoms with Gasteiger partial charge in [-0.25, -0.2) is 9.37 Å². The van der Waals surface area contributed by atoms with Crippen molar-refractivity contribution in [3.05, 3.63) is 76.0 Å². The Morgan fingerprint density at radius 2 is 1.85 bits per heavy atom. The molecule has 4 nitrogen and oxygen atoms in total. The zero-order chi connectivity index (χ0) is 18.5. The molecule has 1 heterocycles. The minimum atomic E-state index is -0.333. The van der Waals surface area contributed by atoms with Crippen molar-refractivity contribution in [3.63, 3.8) is 0 Å². The highest BCUT2D eigenvalue weighted by molar-refractivity contribution is 7.09. The third-order valence-corrected chi connectivity index (χ3v) is 4.76. The molecule has 0 N–H and O–H groups in total. The predicted octanol–water partition coefficient (Wildman–Crippen LogP) is 4.38. The number of aryl methyl sites for hydroxylation is 1. The van der Waals surface area contributed by atoms with E-state index in [1.54, 1.807) is 35.5 Å². The molecule has 0 aliphatic heterocycles. The van der Waals surface area contributed by atoms with Crippen molar-refractivity contribution in [3.8, 4) is 5.75 Å². The maximum Gasteiger partial charge on any atom is 0.231 e. The van der Waals surface area contributed by atoms with Gasteiger partial charge in [0.25, 0.3) is 0 Å². The molecule has 134 valence electrons. The molecule has 26 heavy (non-hydrogen) atoms. The average Bonchev–Trinajstić information content (AvgIpc) is 3.06. The van der Waals surface area contributed by atoms with Crippen molar-refractivity contribution in [1.82, 2.24) is 4.98 Å². The number of anilines is 1. The van der Waals surface area contributed by atoms with E-state index in [1.807, 2.05) is 36.6 Å². The van der Waals surface area contributed by atoms with E-state index in [1.165, 1.54) is 12.1 Å². The molecule has 0 saturated carbocycles. The number of hydrogen-bond acceptors (Lipinski definition) is 4. The molecular weight excluding hydrogens is 351 g/mol. The summed E-state index contributed by atoms with van der Waals surface area (Å²) < 4.78 is 18.4. The number of hydrogen-bond donors (Lipinski definition) is 0. The molecule has 0 spiro atoms. The van der Waals surface area contributed by atoms with Gasteiger partial charge >= 0.3 is 0 Å². The number of rotatable bonds is 6. The van der Waals surface area contributed by atoms with E-state index in [-0.39, 0.29) is 18.1 Å². The first kappa shape index (κ1) is 18.1. The van der Waals surface area contributed by atoms with Crippen LogP contribution < -0.4 is 9.64 Å². The first-order valence-corrected chi connectivity index (χ1v) is 9.03. The topological polar surface area (TPSA) is 42.4 Å². The number of thiazole rings is 1. The number of carbonyl (C=O) groups is 1. The number of benzene rings is 2. The van der Waals surface area contributed by atoms with E-state index in [4.69, 9.17) is 4.74 Å². The lowest BCUT2D eigenvalue weighted by molar-refractivity contribution is -0.118. The van der Waals surface area contributed by atoms with Gasteiger partial charge in [-0.05, 0) is 48.9 Å². The minimum absolute atomic E-state index is 0.0765. The molecule has 0 saturated heterocycles. The predicted molar refractivity (Wildman–Crippen MR) is 101 cm³/mol. The number of aromatic nitrogens is 1. The third-order valence-electron chi connectivity index (χ3n) is 3.94. The van der Waals surface area contributed by atoms with Crippen LogP contribution in [0, 0.1) is 12.7 Å². The summed E-state index contributed by atoms with van der Waals surface area (Å²) in [5.74, 6) is 0.336. The van der Waals surface area contributed by atoms with Crippen molar-refractivity contribution in [2.45, 2.75) is 19.9 Å². The smallest absolute Gasteiger partial charge is 0.231 e. The SMILES string of the molecule is COc1ccc(CC(=O)N(Cc2csc(C)n2)c2ccc(F)cc2)cc1. The van der Waals surface area contributed by atoms with Gasteiger partial charge in [-0.15, -0.1) is 11.3 Å². The van der Waals surface area contributed by atoms with Gasteiger partial charge in [0.15, 0.2) is 0 Å². The summed E-state index contributed by atoms with van der Waals surface area (Å²) in [7, 11) is 1.60. The van der Waals surface area contributed by atoms with Crippen molar-refractivity contribution >= 4 is 22.9 Å². The van der Waals surface area contributed by atoms with Crippen LogP contribution in [0.5, 0.6) is 5.75 Å². The molecule has 1 amide bonds. The van der Waals surface area contributed by atoms with Gasteiger partial charge in [-0.2, -0.15) is 0 Å². The minimum Gasteiger partial charge on any atom is -0.497 e. The Morgan fingerprint density at radius 1 is 1.15 bits per heavy atom. The van der Waals surface area contributed by atoms with Crippen molar-refractivity contribution in [2.24, 2.45) is 0 Å². The molecule has 0 unspecified atom stereocenters. The van der Waals surface area contributed by atoms with E-state index >= 15 is 0 Å². The zero-order valence-corrected chi connectivity index (χ0v) is 15.4. The summed E-state index contributed by atoms with van der Waals surface area (Å²) in [5.41, 5.74) is 2.35. The number of ether oxygens (including phenoxy) is 1. The van der Waals surface area contributed by atoms with Crippen LogP contribution in [0.1, 0.15) is 16.3 Å². The van der Waals surface area contributed by atoms with E-state index in [0.717, 1.165) is 22.0 Å². The number of amides is 1. The molecule has 0 fully saturated rings. The summed E-state index contributed by atoms with van der Waals surface area (Å²) >= 11 is 1.54. The fourth-order valence-electron chi connectivity index (χ4n) is 2.60. The molecule has 1 aromatic heterocycles. The van der Waals surface area contributed by atoms with Crippen LogP contribution in [0.15, 0.2) is 53.9 Å². The van der Waals surface area contributed by atoms with Crippen molar-refractivity contribution in [2.75, 3.05) is 12.0 Å². The highest BCUT2D eigenvalue weighted by Crippen LogP contribution is 2.21. The first-order valence-electron chi connectivity index (χ1n) is 8.15. The van der Waals surface area contributed by atoms with E-state index in [2.05, 4.69) is 4.98 Å². The Kier molecular flexibility index (Phi) is 5.63. The van der Waals surface area contributed by atoms with Crippen molar-refractivity contribution in [1.29, 1.82) is 0 Å². The molecule has 2 aromatic carbocycles. The summed E-state index contributed by atoms with van der Waals surface area (Å²) in [5, 5.41) is 2.88. The molecule has 0 atom stereocenters. The van der Waals surface area contributed by atoms with Crippen LogP contribution >= 0.6 is 11.3 Å². The van der Waals surface area contributed by atoms with E-state index < -0.39 is 0 Å². The van der Waals surface area contributed by atoms with Gasteiger partial charge in [0.05, 0.1) is 30.8 Å². The third kappa shape index (κ3) is 4.46. The Labute approximate surface area is 155 Å². The summed E-state index contributed by atoms with van der Waals surface area (Å²) in [6, 6.07) is 13.3. The van der Waals surface area contributed by atoms with Crippen LogP contribution in [0.3, 0.4) is 0 Å². The van der Waals surface area contributed by atoms with Crippen LogP contribution in [0.2, 0.25) is 0 Å². The quantitative estimate of drug-likeness (QED) is 0.647. The monoisotopic (exact) mass is 370 g/mol. The second-order valence-electron chi connectivity index (χ2n) is 5.84. The van der Waals surface area contributed by atoms with Gasteiger partial charge in [-0.3, -0.25) is 4.79 Å². The molecule has 3 rings (SSSR count). The fourth-order valence-corrected chi connectivity index (χ4v) is 3.20. The molecule has 0 aliphatic carbocycles. The highest BCUT2D eigenvalue weighted by atomic mass is 32.1. The molecule has 0 bridgehead atoms. The summed E-state index contributed by atoms with van der Waals surface area (Å²) in [6.45, 7) is 2.28. The molecule has 0 radical (unpaired) electrons. The van der Waals surface area contributed by atoms with Gasteiger partial charge in [0.1, 0.15) is 11.6 Å². The second kappa shape index (κ2) is 8.10. The largest absolute Gasteiger partial charge is 0.497 e. The molecule has 0 aliphatic rings. The lowest BCUT2D eigenvalue weighted by Crippen LogP contribution is -2.32. The lowest BCUT2D eigenvalue weighted by atomic mass is 10.1. The summed E-state index contributed by atoms with van der Waals surface area (Å²) in [6.07, 6.45) is 0.241. The van der Waals surface area contributed by atoms with Gasteiger partial charge < -0.3 is 9.64 Å². The molecular formula is C20H19FN2O2S. The van der Waals surface area contributed by atoms with Gasteiger partial charge in [0, 0.05) is 11.1 Å². The fraction of sp³-hybridized carbons (Fsp3) is 0.200. The maximum atomic E-state index is 13.3. The number of carbonyl (C=O) groups excluding carboxylic acids is 1. The van der Waals surface area contributed by atoms with Crippen LogP contribution in [0.25, 0.3) is 0 Å². The van der Waals surface area contributed by atoms with Crippen LogP contribution in [-0.2, 0) is 17.8 Å². The maximum absolute atomic E-state index is 13.3. The first-order chi connectivity index (χ1) is 12.5. The van der Waals surface area contributed by atoms with Gasteiger partial charge in [-0.1, -0.05) is 12.1 Å². The molecule has 6 heteroatoms. The zero-order valence-electron chi connectivity index (χ0n) is 14.6. The Bertz CT molecular complexity index is 876. The molecule has 3 aromatic rings.